The first-order chi connectivity index (χ1) is 17.6. The fourth-order valence-electron chi connectivity index (χ4n) is 4.23. The van der Waals surface area contributed by atoms with E-state index in [1.54, 1.807) is 12.2 Å². The van der Waals surface area contributed by atoms with Gasteiger partial charge in [0.05, 0.1) is 51.6 Å². The number of benzene rings is 2. The molecule has 0 aromatic heterocycles. The lowest BCUT2D eigenvalue weighted by Gasteiger charge is -2.31. The Balaban J connectivity index is 1.80. The van der Waals surface area contributed by atoms with Gasteiger partial charge in [0.2, 0.25) is 0 Å². The second-order valence-corrected chi connectivity index (χ2v) is 12.9. The van der Waals surface area contributed by atoms with Crippen LogP contribution in [0.3, 0.4) is 0 Å². The zero-order chi connectivity index (χ0) is 28.0. The summed E-state index contributed by atoms with van der Waals surface area (Å²) >= 11 is 0. The van der Waals surface area contributed by atoms with Crippen LogP contribution in [0.4, 0.5) is 17.1 Å². The number of sulfone groups is 1. The molecule has 2 aliphatic carbocycles. The van der Waals surface area contributed by atoms with Gasteiger partial charge in [-0.3, -0.25) is 18.7 Å². The largest absolute Gasteiger partial charge is 0.397 e. The van der Waals surface area contributed by atoms with Gasteiger partial charge in [0.1, 0.15) is 4.90 Å². The third-order valence-corrected chi connectivity index (χ3v) is 8.93. The third-order valence-electron chi connectivity index (χ3n) is 5.90. The molecular formula is C22H20N2O11S3. The van der Waals surface area contributed by atoms with Crippen LogP contribution < -0.4 is 11.1 Å². The minimum Gasteiger partial charge on any atom is -0.397 e. The van der Waals surface area contributed by atoms with Crippen LogP contribution in [0.1, 0.15) is 20.7 Å². The molecule has 0 saturated heterocycles. The number of allylic oxidation sites excluding steroid dienone is 4. The van der Waals surface area contributed by atoms with Crippen molar-refractivity contribution >= 4 is 59.0 Å². The Kier molecular flexibility index (Phi) is 7.06. The molecule has 0 spiro atoms. The molecule has 5 N–H and O–H groups in total. The van der Waals surface area contributed by atoms with Crippen molar-refractivity contribution in [1.29, 1.82) is 0 Å². The van der Waals surface area contributed by atoms with Crippen molar-refractivity contribution in [3.8, 4) is 0 Å². The molecule has 0 bridgehead atoms. The molecule has 0 amide bonds. The average Bonchev–Trinajstić information content (AvgIpc) is 2.82. The van der Waals surface area contributed by atoms with Gasteiger partial charge in [0.25, 0.3) is 10.1 Å². The molecule has 0 fully saturated rings. The highest BCUT2D eigenvalue weighted by Gasteiger charge is 2.43. The topological polar surface area (TPSA) is 224 Å². The molecule has 16 heteroatoms. The number of rotatable bonds is 8. The molecule has 2 aromatic carbocycles. The molecule has 4 rings (SSSR count). The molecule has 2 atom stereocenters. The lowest BCUT2D eigenvalue weighted by molar-refractivity contribution is 0.0803. The van der Waals surface area contributed by atoms with E-state index in [9.17, 15) is 39.4 Å². The standard InChI is InChI=1S/C22H20N2O11S3/c23-20-17(37(29,30)31)11-16(18-19(20)22(26)15-7-2-1-6-14(15)21(18)25)24-12-4-3-5-13(10-12)36(27,28)9-8-35-38(32,33)34/h1-7,10-11,14-15,24H,8-9,23H2,(H,29,30,31)(H,32,33,34). The normalized spacial score (nSPS) is 19.2. The number of nitrogens with one attached hydrogen (secondary N) is 1. The summed E-state index contributed by atoms with van der Waals surface area (Å²) in [7, 11) is -13.9. The van der Waals surface area contributed by atoms with Gasteiger partial charge in [-0.25, -0.2) is 12.6 Å². The van der Waals surface area contributed by atoms with Crippen LogP contribution in [0.25, 0.3) is 0 Å². The number of ketones is 2. The average molecular weight is 585 g/mol. The van der Waals surface area contributed by atoms with Crippen molar-refractivity contribution in [3.05, 3.63) is 65.8 Å². The summed E-state index contributed by atoms with van der Waals surface area (Å²) < 4.78 is 93.1. The summed E-state index contributed by atoms with van der Waals surface area (Å²) in [4.78, 5) is 25.6. The van der Waals surface area contributed by atoms with Crippen molar-refractivity contribution in [2.75, 3.05) is 23.4 Å². The molecule has 0 saturated carbocycles. The van der Waals surface area contributed by atoms with E-state index in [4.69, 9.17) is 10.3 Å². The lowest BCUT2D eigenvalue weighted by atomic mass is 9.71. The van der Waals surface area contributed by atoms with E-state index in [1.165, 1.54) is 30.4 Å². The van der Waals surface area contributed by atoms with Crippen molar-refractivity contribution in [2.45, 2.75) is 9.79 Å². The van der Waals surface area contributed by atoms with Gasteiger partial charge in [-0.1, -0.05) is 30.4 Å². The Morgan fingerprint density at radius 1 is 0.895 bits per heavy atom. The summed E-state index contributed by atoms with van der Waals surface area (Å²) in [5, 5.41) is 2.73. The molecule has 0 heterocycles. The van der Waals surface area contributed by atoms with Crippen LogP contribution in [0.5, 0.6) is 0 Å². The van der Waals surface area contributed by atoms with Gasteiger partial charge < -0.3 is 11.1 Å². The molecule has 0 radical (unpaired) electrons. The van der Waals surface area contributed by atoms with Gasteiger partial charge in [-0.2, -0.15) is 16.8 Å². The zero-order valence-electron chi connectivity index (χ0n) is 19.1. The highest BCUT2D eigenvalue weighted by Crippen LogP contribution is 2.43. The first-order valence-corrected chi connectivity index (χ1v) is 15.1. The molecular weight excluding hydrogens is 564 g/mol. The number of hydrogen-bond donors (Lipinski definition) is 4. The van der Waals surface area contributed by atoms with Crippen molar-refractivity contribution in [3.63, 3.8) is 0 Å². The Morgan fingerprint density at radius 3 is 2.08 bits per heavy atom. The maximum absolute atomic E-state index is 13.4. The van der Waals surface area contributed by atoms with Crippen LogP contribution >= 0.6 is 0 Å². The smallest absolute Gasteiger partial charge is 0.397 e. The van der Waals surface area contributed by atoms with Gasteiger partial charge >= 0.3 is 10.4 Å². The number of hydrogen-bond acceptors (Lipinski definition) is 11. The Morgan fingerprint density at radius 2 is 1.50 bits per heavy atom. The third kappa shape index (κ3) is 5.40. The second-order valence-electron chi connectivity index (χ2n) is 8.33. The summed E-state index contributed by atoms with van der Waals surface area (Å²) in [6.45, 7) is -0.858. The monoisotopic (exact) mass is 584 g/mol. The fraction of sp³-hybridized carbons (Fsp3) is 0.182. The van der Waals surface area contributed by atoms with Crippen molar-refractivity contribution < 1.29 is 48.1 Å². The minimum absolute atomic E-state index is 0.0384. The van der Waals surface area contributed by atoms with Gasteiger partial charge in [-0.15, -0.1) is 0 Å². The number of nitrogen functional groups attached to an aromatic ring is 1. The van der Waals surface area contributed by atoms with E-state index in [0.29, 0.717) is 0 Å². The van der Waals surface area contributed by atoms with Crippen LogP contribution in [0.15, 0.2) is 64.4 Å². The summed E-state index contributed by atoms with van der Waals surface area (Å²) in [6, 6.07) is 5.86. The minimum atomic E-state index is -4.95. The maximum Gasteiger partial charge on any atom is 0.397 e. The predicted molar refractivity (Wildman–Crippen MR) is 134 cm³/mol. The lowest BCUT2D eigenvalue weighted by Crippen LogP contribution is -2.37. The van der Waals surface area contributed by atoms with Gasteiger partial charge in [0.15, 0.2) is 21.4 Å². The molecule has 2 unspecified atom stereocenters. The van der Waals surface area contributed by atoms with Crippen LogP contribution in [-0.4, -0.2) is 58.3 Å². The second kappa shape index (κ2) is 9.72. The van der Waals surface area contributed by atoms with Gasteiger partial charge in [-0.05, 0) is 24.3 Å². The number of anilines is 3. The van der Waals surface area contributed by atoms with E-state index < -0.39 is 76.7 Å². The summed E-state index contributed by atoms with van der Waals surface area (Å²) in [5.41, 5.74) is 4.56. The molecule has 2 aliphatic rings. The Labute approximate surface area is 217 Å². The predicted octanol–water partition coefficient (Wildman–Crippen LogP) is 1.59. The highest BCUT2D eigenvalue weighted by molar-refractivity contribution is 7.91. The number of carbonyl (C=O) groups is 2. The first kappa shape index (κ1) is 27.6. The SMILES string of the molecule is Nc1c(S(=O)(=O)O)cc(Nc2cccc(S(=O)(=O)CCOS(=O)(=O)O)c2)c2c1C(=O)C1C=CC=CC1C2=O. The Hall–Kier alpha value is -3.41. The summed E-state index contributed by atoms with van der Waals surface area (Å²) in [6.07, 6.45) is 6.15. The number of carbonyl (C=O) groups excluding carboxylic acids is 2. The van der Waals surface area contributed by atoms with E-state index in [-0.39, 0.29) is 27.4 Å². The fourth-order valence-corrected chi connectivity index (χ4v) is 6.41. The van der Waals surface area contributed by atoms with Crippen molar-refractivity contribution in [1.82, 2.24) is 0 Å². The molecule has 13 nitrogen and oxygen atoms in total. The zero-order valence-corrected chi connectivity index (χ0v) is 21.6. The van der Waals surface area contributed by atoms with Gasteiger partial charge in [0, 0.05) is 5.69 Å². The quantitative estimate of drug-likeness (QED) is 0.256. The maximum atomic E-state index is 13.4. The van der Waals surface area contributed by atoms with E-state index >= 15 is 0 Å². The van der Waals surface area contributed by atoms with E-state index in [2.05, 4.69) is 9.50 Å². The molecule has 0 aliphatic heterocycles. The number of Topliss-reactive ketones (excluding diaryl/α,β-unsaturated/α-hetero) is 2. The number of nitrogens with two attached hydrogens (primary N) is 1. The first-order valence-electron chi connectivity index (χ1n) is 10.7. The molecule has 2 aromatic rings. The van der Waals surface area contributed by atoms with E-state index in [1.807, 2.05) is 0 Å². The summed E-state index contributed by atoms with van der Waals surface area (Å²) in [5.74, 6) is -3.80. The van der Waals surface area contributed by atoms with E-state index in [0.717, 1.165) is 12.1 Å². The highest BCUT2D eigenvalue weighted by atomic mass is 32.3. The number of fused-ring (bicyclic) bond motifs is 2. The Bertz CT molecular complexity index is 1740. The molecule has 38 heavy (non-hydrogen) atoms. The van der Waals surface area contributed by atoms with Crippen LogP contribution in [0.2, 0.25) is 0 Å². The van der Waals surface area contributed by atoms with Crippen LogP contribution in [-0.2, 0) is 34.5 Å². The van der Waals surface area contributed by atoms with Crippen LogP contribution in [0, 0.1) is 11.8 Å². The van der Waals surface area contributed by atoms with Crippen molar-refractivity contribution in [2.24, 2.45) is 11.8 Å². The molecule has 202 valence electrons.